The number of benzene rings is 2. The normalized spacial score (nSPS) is 14.8. The molecule has 0 saturated carbocycles. The molecule has 1 aliphatic rings. The molecule has 0 unspecified atom stereocenters. The van der Waals surface area contributed by atoms with E-state index in [0.29, 0.717) is 34.4 Å². The number of fused-ring (bicyclic) bond motifs is 1. The summed E-state index contributed by atoms with van der Waals surface area (Å²) in [4.78, 5) is 24.7. The highest BCUT2D eigenvalue weighted by atomic mass is 16.5. The Kier molecular flexibility index (Phi) is 5.87. The van der Waals surface area contributed by atoms with E-state index in [4.69, 9.17) is 18.9 Å². The molecule has 9 nitrogen and oxygen atoms in total. The number of carbonyl (C=O) groups excluding carboxylic acids is 1. The molecular formula is C24H24N2O7. The number of carbonyl (C=O) groups is 2. The fourth-order valence-corrected chi connectivity index (χ4v) is 4.18. The van der Waals surface area contributed by atoms with Gasteiger partial charge in [-0.3, -0.25) is 4.79 Å². The number of amides is 1. The first-order valence-corrected chi connectivity index (χ1v) is 10.1. The quantitative estimate of drug-likeness (QED) is 0.563. The smallest absolute Gasteiger partial charge is 0.339 e. The van der Waals surface area contributed by atoms with E-state index < -0.39 is 11.9 Å². The maximum Gasteiger partial charge on any atom is 0.339 e. The van der Waals surface area contributed by atoms with Crippen molar-refractivity contribution in [1.29, 1.82) is 0 Å². The number of aromatic carboxylic acids is 1. The summed E-state index contributed by atoms with van der Waals surface area (Å²) in [5.41, 5.74) is 2.12. The number of anilines is 1. The molecule has 1 aliphatic heterocycles. The number of hydrogen-bond acceptors (Lipinski definition) is 6. The van der Waals surface area contributed by atoms with E-state index in [-0.39, 0.29) is 23.6 Å². The van der Waals surface area contributed by atoms with Crippen molar-refractivity contribution >= 4 is 17.6 Å². The molecule has 1 atom stereocenters. The molecule has 0 bridgehead atoms. The van der Waals surface area contributed by atoms with Crippen LogP contribution in [0.1, 0.15) is 34.0 Å². The van der Waals surface area contributed by atoms with Gasteiger partial charge in [0.15, 0.2) is 0 Å². The number of hydrogen-bond donors (Lipinski definition) is 2. The Morgan fingerprint density at radius 3 is 2.27 bits per heavy atom. The van der Waals surface area contributed by atoms with Crippen LogP contribution in [0, 0.1) is 0 Å². The van der Waals surface area contributed by atoms with Crippen LogP contribution < -0.4 is 24.3 Å². The monoisotopic (exact) mass is 452 g/mol. The van der Waals surface area contributed by atoms with Crippen LogP contribution in [0.2, 0.25) is 0 Å². The Labute approximate surface area is 190 Å². The van der Waals surface area contributed by atoms with Crippen LogP contribution in [0.25, 0.3) is 5.69 Å². The number of nitrogens with zero attached hydrogens (tertiary/aromatic N) is 1. The lowest BCUT2D eigenvalue weighted by atomic mass is 9.87. The van der Waals surface area contributed by atoms with Gasteiger partial charge in [-0.2, -0.15) is 0 Å². The number of carboxylic acid groups (broad SMARTS) is 1. The summed E-state index contributed by atoms with van der Waals surface area (Å²) in [6.45, 7) is 0. The summed E-state index contributed by atoms with van der Waals surface area (Å²) >= 11 is 0. The molecule has 0 saturated heterocycles. The van der Waals surface area contributed by atoms with E-state index in [1.165, 1.54) is 20.4 Å². The first-order chi connectivity index (χ1) is 15.9. The van der Waals surface area contributed by atoms with Crippen molar-refractivity contribution in [2.45, 2.75) is 12.3 Å². The molecule has 0 radical (unpaired) electrons. The van der Waals surface area contributed by atoms with Crippen molar-refractivity contribution in [3.63, 3.8) is 0 Å². The highest BCUT2D eigenvalue weighted by Gasteiger charge is 2.36. The number of rotatable bonds is 7. The van der Waals surface area contributed by atoms with Gasteiger partial charge < -0.3 is 33.9 Å². The van der Waals surface area contributed by atoms with Crippen LogP contribution in [0.5, 0.6) is 23.0 Å². The van der Waals surface area contributed by atoms with Crippen LogP contribution >= 0.6 is 0 Å². The van der Waals surface area contributed by atoms with Crippen molar-refractivity contribution in [1.82, 2.24) is 4.57 Å². The maximum absolute atomic E-state index is 12.7. The highest BCUT2D eigenvalue weighted by molar-refractivity contribution is 6.04. The summed E-state index contributed by atoms with van der Waals surface area (Å²) in [5, 5.41) is 12.6. The average molecular weight is 452 g/mol. The third-order valence-electron chi connectivity index (χ3n) is 5.72. The molecule has 9 heteroatoms. The van der Waals surface area contributed by atoms with E-state index in [2.05, 4.69) is 5.32 Å². The molecule has 2 aromatic carbocycles. The summed E-state index contributed by atoms with van der Waals surface area (Å²) in [6.07, 6.45) is 1.59. The minimum atomic E-state index is -1.16. The Balaban J connectivity index is 2.02. The molecular weight excluding hydrogens is 428 g/mol. The summed E-state index contributed by atoms with van der Waals surface area (Å²) in [6, 6.07) is 10.6. The van der Waals surface area contributed by atoms with Crippen LogP contribution in [0.3, 0.4) is 0 Å². The first kappa shape index (κ1) is 22.1. The van der Waals surface area contributed by atoms with Gasteiger partial charge in [0.05, 0.1) is 45.5 Å². The van der Waals surface area contributed by atoms with Gasteiger partial charge >= 0.3 is 5.97 Å². The van der Waals surface area contributed by atoms with Crippen LogP contribution in [-0.4, -0.2) is 50.0 Å². The molecule has 4 rings (SSSR count). The molecule has 0 fully saturated rings. The van der Waals surface area contributed by atoms with E-state index in [9.17, 15) is 14.7 Å². The van der Waals surface area contributed by atoms with E-state index in [0.717, 1.165) is 5.56 Å². The third-order valence-corrected chi connectivity index (χ3v) is 5.72. The Morgan fingerprint density at radius 1 is 0.970 bits per heavy atom. The number of ether oxygens (including phenoxy) is 4. The van der Waals surface area contributed by atoms with Gasteiger partial charge in [0, 0.05) is 36.2 Å². The minimum absolute atomic E-state index is 0.0274. The second-order valence-electron chi connectivity index (χ2n) is 7.43. The van der Waals surface area contributed by atoms with Gasteiger partial charge in [-0.15, -0.1) is 0 Å². The third kappa shape index (κ3) is 3.82. The highest BCUT2D eigenvalue weighted by Crippen LogP contribution is 2.46. The fraction of sp³-hybridized carbons (Fsp3) is 0.250. The van der Waals surface area contributed by atoms with Crippen molar-refractivity contribution in [2.24, 2.45) is 0 Å². The lowest BCUT2D eigenvalue weighted by molar-refractivity contribution is -0.116. The van der Waals surface area contributed by atoms with Crippen LogP contribution in [-0.2, 0) is 4.79 Å². The number of aromatic nitrogens is 1. The van der Waals surface area contributed by atoms with E-state index in [1.54, 1.807) is 49.1 Å². The second kappa shape index (κ2) is 8.78. The fourth-order valence-electron chi connectivity index (χ4n) is 4.18. The lowest BCUT2D eigenvalue weighted by Crippen LogP contribution is -2.26. The maximum atomic E-state index is 12.7. The molecule has 0 aliphatic carbocycles. The zero-order chi connectivity index (χ0) is 23.7. The van der Waals surface area contributed by atoms with E-state index >= 15 is 0 Å². The zero-order valence-electron chi connectivity index (χ0n) is 18.7. The first-order valence-electron chi connectivity index (χ1n) is 10.1. The molecule has 33 heavy (non-hydrogen) atoms. The SMILES string of the molecule is COc1ccc([C@@H]2CC(=O)Nc3c(C(=O)O)cn(-c4cc(OC)ccc4OC)c32)c(OC)c1. The van der Waals surface area contributed by atoms with Gasteiger partial charge in [-0.25, -0.2) is 4.79 Å². The van der Waals surface area contributed by atoms with Gasteiger partial charge in [-0.05, 0) is 18.2 Å². The van der Waals surface area contributed by atoms with Crippen LogP contribution in [0.4, 0.5) is 5.69 Å². The largest absolute Gasteiger partial charge is 0.497 e. The molecule has 3 aromatic rings. The number of carboxylic acids is 1. The molecule has 1 amide bonds. The van der Waals surface area contributed by atoms with Crippen molar-refractivity contribution in [2.75, 3.05) is 33.8 Å². The molecule has 172 valence electrons. The molecule has 0 spiro atoms. The predicted molar refractivity (Wildman–Crippen MR) is 120 cm³/mol. The van der Waals surface area contributed by atoms with Crippen molar-refractivity contribution in [3.8, 4) is 28.7 Å². The van der Waals surface area contributed by atoms with Gasteiger partial charge in [0.2, 0.25) is 5.91 Å². The lowest BCUT2D eigenvalue weighted by Gasteiger charge is -2.28. The average Bonchev–Trinajstić information content (AvgIpc) is 3.22. The minimum Gasteiger partial charge on any atom is -0.497 e. The summed E-state index contributed by atoms with van der Waals surface area (Å²) in [5.74, 6) is 0.289. The van der Waals surface area contributed by atoms with Crippen molar-refractivity contribution < 1.29 is 33.6 Å². The number of methoxy groups -OCH3 is 4. The second-order valence-corrected chi connectivity index (χ2v) is 7.43. The number of nitrogens with one attached hydrogen (secondary N) is 1. The van der Waals surface area contributed by atoms with Gasteiger partial charge in [0.25, 0.3) is 0 Å². The summed E-state index contributed by atoms with van der Waals surface area (Å²) < 4.78 is 23.5. The summed E-state index contributed by atoms with van der Waals surface area (Å²) in [7, 11) is 6.17. The van der Waals surface area contributed by atoms with Crippen molar-refractivity contribution in [3.05, 3.63) is 59.4 Å². The Bertz CT molecular complexity index is 1230. The standard InChI is InChI=1S/C24H24N2O7/c1-30-13-6-8-19(32-3)18(9-13)26-12-17(24(28)29)22-23(26)16(11-21(27)25-22)15-7-5-14(31-2)10-20(15)33-4/h5-10,12,16H,11H2,1-4H3,(H,25,27)(H,28,29)/t16-/m0/s1. The van der Waals surface area contributed by atoms with Gasteiger partial charge in [0.1, 0.15) is 28.6 Å². The molecule has 2 N–H and O–H groups in total. The Hall–Kier alpha value is -4.14. The van der Waals surface area contributed by atoms with Crippen LogP contribution in [0.15, 0.2) is 42.6 Å². The van der Waals surface area contributed by atoms with E-state index in [1.807, 2.05) is 6.07 Å². The molecule has 1 aromatic heterocycles. The topological polar surface area (TPSA) is 108 Å². The Morgan fingerprint density at radius 2 is 1.64 bits per heavy atom. The molecule has 2 heterocycles. The van der Waals surface area contributed by atoms with Gasteiger partial charge in [-0.1, -0.05) is 6.07 Å². The zero-order valence-corrected chi connectivity index (χ0v) is 18.7. The predicted octanol–water partition coefficient (Wildman–Crippen LogP) is 3.68.